The maximum Gasteiger partial charge on any atom is 0.239 e. The van der Waals surface area contributed by atoms with Gasteiger partial charge in [0.1, 0.15) is 0 Å². The molecular weight excluding hydrogens is 352 g/mol. The fraction of sp³-hybridized carbons (Fsp3) is 0.529. The highest BCUT2D eigenvalue weighted by atomic mass is 35.5. The van der Waals surface area contributed by atoms with Gasteiger partial charge in [-0.05, 0) is 37.1 Å². The third-order valence-electron chi connectivity index (χ3n) is 4.71. The van der Waals surface area contributed by atoms with Gasteiger partial charge in [0.25, 0.3) is 0 Å². The van der Waals surface area contributed by atoms with Crippen LogP contribution in [0.4, 0.5) is 8.78 Å². The number of halogens is 3. The van der Waals surface area contributed by atoms with E-state index in [1.165, 1.54) is 6.07 Å². The largest absolute Gasteiger partial charge is 0.350 e. The van der Waals surface area contributed by atoms with Crippen molar-refractivity contribution >= 4 is 24.2 Å². The van der Waals surface area contributed by atoms with Crippen LogP contribution in [0.3, 0.4) is 0 Å². The molecule has 5 nitrogen and oxygen atoms in total. The molecule has 2 aliphatic heterocycles. The minimum absolute atomic E-state index is 0. The summed E-state index contributed by atoms with van der Waals surface area (Å²) in [5, 5.41) is 6.14. The van der Waals surface area contributed by atoms with E-state index in [0.717, 1.165) is 25.5 Å². The molecule has 2 atom stereocenters. The van der Waals surface area contributed by atoms with Crippen LogP contribution in [0.25, 0.3) is 0 Å². The molecule has 2 unspecified atom stereocenters. The van der Waals surface area contributed by atoms with Crippen LogP contribution < -0.4 is 10.6 Å². The summed E-state index contributed by atoms with van der Waals surface area (Å²) >= 11 is 0. The molecule has 138 valence electrons. The topological polar surface area (TPSA) is 61.4 Å². The molecule has 0 spiro atoms. The lowest BCUT2D eigenvalue weighted by atomic mass is 9.86. The van der Waals surface area contributed by atoms with E-state index in [2.05, 4.69) is 10.6 Å². The van der Waals surface area contributed by atoms with E-state index < -0.39 is 11.6 Å². The molecule has 0 aromatic heterocycles. The van der Waals surface area contributed by atoms with E-state index in [4.69, 9.17) is 0 Å². The zero-order chi connectivity index (χ0) is 17.1. The van der Waals surface area contributed by atoms with Crippen molar-refractivity contribution in [3.05, 3.63) is 35.4 Å². The van der Waals surface area contributed by atoms with Crippen LogP contribution in [-0.2, 0) is 9.59 Å². The molecule has 2 aliphatic rings. The Bertz CT molecular complexity index is 644. The van der Waals surface area contributed by atoms with Gasteiger partial charge in [-0.1, -0.05) is 6.07 Å². The molecule has 0 bridgehead atoms. The van der Waals surface area contributed by atoms with Crippen LogP contribution in [0.1, 0.15) is 30.7 Å². The normalized spacial score (nSPS) is 23.3. The second kappa shape index (κ2) is 8.58. The van der Waals surface area contributed by atoms with Gasteiger partial charge >= 0.3 is 0 Å². The molecule has 0 radical (unpaired) electrons. The molecule has 2 fully saturated rings. The van der Waals surface area contributed by atoms with E-state index in [9.17, 15) is 18.4 Å². The predicted octanol–water partition coefficient (Wildman–Crippen LogP) is 1.57. The number of nitrogens with zero attached hydrogens (tertiary/aromatic N) is 1. The number of benzene rings is 1. The van der Waals surface area contributed by atoms with Crippen molar-refractivity contribution in [2.75, 3.05) is 26.2 Å². The van der Waals surface area contributed by atoms with Crippen molar-refractivity contribution < 1.29 is 18.4 Å². The Morgan fingerprint density at radius 3 is 2.80 bits per heavy atom. The smallest absolute Gasteiger partial charge is 0.239 e. The number of likely N-dealkylation sites (tertiary alicyclic amines) is 1. The lowest BCUT2D eigenvalue weighted by molar-refractivity contribution is -0.133. The fourth-order valence-corrected chi connectivity index (χ4v) is 3.45. The van der Waals surface area contributed by atoms with Gasteiger partial charge in [0.15, 0.2) is 11.6 Å². The number of amides is 2. The summed E-state index contributed by atoms with van der Waals surface area (Å²) in [6.07, 6.45) is 2.00. The average molecular weight is 374 g/mol. The predicted molar refractivity (Wildman–Crippen MR) is 91.6 cm³/mol. The molecule has 3 rings (SSSR count). The molecule has 1 aromatic carbocycles. The standard InChI is InChI=1S/C17H21F2N3O2.ClH/c18-13-4-3-11(8-14(13)19)12-5-6-20-9-15(12)21-16(23)10-22-7-1-2-17(22)24;/h3-4,8,12,15,20H,1-2,5-7,9-10H2,(H,21,23);1H. The number of hydrogen-bond acceptors (Lipinski definition) is 3. The van der Waals surface area contributed by atoms with Crippen LogP contribution in [-0.4, -0.2) is 48.9 Å². The van der Waals surface area contributed by atoms with Crippen LogP contribution in [0, 0.1) is 11.6 Å². The summed E-state index contributed by atoms with van der Waals surface area (Å²) in [5.41, 5.74) is 0.679. The molecule has 0 aliphatic carbocycles. The first kappa shape index (κ1) is 19.6. The fourth-order valence-electron chi connectivity index (χ4n) is 3.45. The summed E-state index contributed by atoms with van der Waals surface area (Å²) in [5.74, 6) is -2.05. The Balaban J connectivity index is 0.00000225. The zero-order valence-electron chi connectivity index (χ0n) is 13.8. The van der Waals surface area contributed by atoms with Gasteiger partial charge in [-0.2, -0.15) is 0 Å². The van der Waals surface area contributed by atoms with Crippen LogP contribution in [0.5, 0.6) is 0 Å². The van der Waals surface area contributed by atoms with Crippen LogP contribution >= 0.6 is 12.4 Å². The molecule has 2 heterocycles. The van der Waals surface area contributed by atoms with Gasteiger partial charge in [-0.25, -0.2) is 8.78 Å². The second-order valence-electron chi connectivity index (χ2n) is 6.37. The highest BCUT2D eigenvalue weighted by Crippen LogP contribution is 2.27. The van der Waals surface area contributed by atoms with Gasteiger partial charge < -0.3 is 15.5 Å². The SMILES string of the molecule is Cl.O=C(CN1CCCC1=O)NC1CNCCC1c1ccc(F)c(F)c1. The molecule has 2 amide bonds. The zero-order valence-corrected chi connectivity index (χ0v) is 14.6. The molecule has 25 heavy (non-hydrogen) atoms. The molecule has 8 heteroatoms. The highest BCUT2D eigenvalue weighted by molar-refractivity contribution is 5.86. The van der Waals surface area contributed by atoms with Crippen molar-refractivity contribution in [2.45, 2.75) is 31.2 Å². The first-order valence-corrected chi connectivity index (χ1v) is 8.27. The van der Waals surface area contributed by atoms with Crippen molar-refractivity contribution in [3.63, 3.8) is 0 Å². The maximum absolute atomic E-state index is 13.5. The van der Waals surface area contributed by atoms with E-state index in [1.54, 1.807) is 11.0 Å². The number of carbonyl (C=O) groups is 2. The summed E-state index contributed by atoms with van der Waals surface area (Å²) in [4.78, 5) is 25.4. The Labute approximate surface area is 151 Å². The van der Waals surface area contributed by atoms with Crippen molar-refractivity contribution in [1.29, 1.82) is 0 Å². The van der Waals surface area contributed by atoms with Crippen molar-refractivity contribution in [2.24, 2.45) is 0 Å². The summed E-state index contributed by atoms with van der Waals surface area (Å²) in [6, 6.07) is 3.68. The number of nitrogens with one attached hydrogen (secondary N) is 2. The third kappa shape index (κ3) is 4.67. The van der Waals surface area contributed by atoms with Crippen LogP contribution in [0.2, 0.25) is 0 Å². The number of hydrogen-bond donors (Lipinski definition) is 2. The Hall–Kier alpha value is -1.73. The van der Waals surface area contributed by atoms with Gasteiger partial charge in [0, 0.05) is 31.5 Å². The number of carbonyl (C=O) groups excluding carboxylic acids is 2. The summed E-state index contributed by atoms with van der Waals surface area (Å²) in [7, 11) is 0. The first-order valence-electron chi connectivity index (χ1n) is 8.27. The Kier molecular flexibility index (Phi) is 6.72. The number of rotatable bonds is 4. The van der Waals surface area contributed by atoms with E-state index in [0.29, 0.717) is 25.1 Å². The Morgan fingerprint density at radius 2 is 2.12 bits per heavy atom. The van der Waals surface area contributed by atoms with Crippen LogP contribution in [0.15, 0.2) is 18.2 Å². The quantitative estimate of drug-likeness (QED) is 0.842. The van der Waals surface area contributed by atoms with Gasteiger partial charge in [-0.15, -0.1) is 12.4 Å². The van der Waals surface area contributed by atoms with Gasteiger partial charge in [0.05, 0.1) is 6.54 Å². The highest BCUT2D eigenvalue weighted by Gasteiger charge is 2.30. The van der Waals surface area contributed by atoms with Crippen molar-refractivity contribution in [1.82, 2.24) is 15.5 Å². The lowest BCUT2D eigenvalue weighted by Crippen LogP contribution is -2.52. The Morgan fingerprint density at radius 1 is 1.32 bits per heavy atom. The van der Waals surface area contributed by atoms with Crippen molar-refractivity contribution in [3.8, 4) is 0 Å². The first-order chi connectivity index (χ1) is 11.5. The number of piperidine rings is 1. The minimum atomic E-state index is -0.876. The van der Waals surface area contributed by atoms with E-state index in [1.807, 2.05) is 0 Å². The monoisotopic (exact) mass is 373 g/mol. The minimum Gasteiger partial charge on any atom is -0.350 e. The second-order valence-corrected chi connectivity index (χ2v) is 6.37. The maximum atomic E-state index is 13.5. The molecule has 0 saturated carbocycles. The molecular formula is C17H22ClF2N3O2. The molecule has 1 aromatic rings. The van der Waals surface area contributed by atoms with E-state index >= 15 is 0 Å². The van der Waals surface area contributed by atoms with Gasteiger partial charge in [0.2, 0.25) is 11.8 Å². The van der Waals surface area contributed by atoms with Gasteiger partial charge in [-0.3, -0.25) is 9.59 Å². The van der Waals surface area contributed by atoms with E-state index in [-0.39, 0.29) is 42.7 Å². The average Bonchev–Trinajstić information content (AvgIpc) is 2.95. The third-order valence-corrected chi connectivity index (χ3v) is 4.71. The summed E-state index contributed by atoms with van der Waals surface area (Å²) < 4.78 is 26.7. The molecule has 2 N–H and O–H groups in total. The summed E-state index contributed by atoms with van der Waals surface area (Å²) in [6.45, 7) is 1.98. The lowest BCUT2D eigenvalue weighted by Gasteiger charge is -2.33. The molecule has 2 saturated heterocycles.